The fourth-order valence-corrected chi connectivity index (χ4v) is 3.65. The maximum Gasteiger partial charge on any atom is 0.407 e. The summed E-state index contributed by atoms with van der Waals surface area (Å²) >= 11 is 0. The second-order valence-electron chi connectivity index (χ2n) is 7.01. The number of amides is 2. The molecule has 0 bridgehead atoms. The average Bonchev–Trinajstić information content (AvgIpc) is 3.23. The molecule has 2 aliphatic heterocycles. The molecule has 148 valence electrons. The van der Waals surface area contributed by atoms with Gasteiger partial charge in [-0.05, 0) is 37.6 Å². The lowest BCUT2D eigenvalue weighted by Gasteiger charge is -2.31. The molecule has 28 heavy (non-hydrogen) atoms. The van der Waals surface area contributed by atoms with Crippen molar-refractivity contribution in [3.05, 3.63) is 42.0 Å². The molecule has 2 aliphatic rings. The standard InChI is InChI=1S/C19H23N5O4/c1-13-21-10-16-12-23(18(25)24(13)16)15-2-4-17(5-3-15)28-9-6-14-11-22(19(26)27)8-7-20-14/h2-5,10,14,20H,6-9,11-12H2,1H3,(H,26,27)/t14-/m1/s1. The summed E-state index contributed by atoms with van der Waals surface area (Å²) < 4.78 is 7.42. The number of ether oxygens (including phenoxy) is 1. The second-order valence-corrected chi connectivity index (χ2v) is 7.01. The van der Waals surface area contributed by atoms with Gasteiger partial charge in [0.2, 0.25) is 0 Å². The number of piperazine rings is 1. The number of fused-ring (bicyclic) bond motifs is 1. The third-order valence-electron chi connectivity index (χ3n) is 5.16. The van der Waals surface area contributed by atoms with Crippen molar-refractivity contribution in [1.82, 2.24) is 19.8 Å². The topological polar surface area (TPSA) is 99.9 Å². The molecule has 0 spiro atoms. The van der Waals surface area contributed by atoms with Gasteiger partial charge in [-0.15, -0.1) is 0 Å². The van der Waals surface area contributed by atoms with Crippen molar-refractivity contribution in [2.45, 2.75) is 25.9 Å². The van der Waals surface area contributed by atoms with Gasteiger partial charge in [0, 0.05) is 31.4 Å². The minimum atomic E-state index is -0.878. The highest BCUT2D eigenvalue weighted by molar-refractivity contribution is 5.96. The van der Waals surface area contributed by atoms with Gasteiger partial charge in [0.05, 0.1) is 25.0 Å². The summed E-state index contributed by atoms with van der Waals surface area (Å²) in [7, 11) is 0. The van der Waals surface area contributed by atoms with Crippen LogP contribution in [0.5, 0.6) is 5.75 Å². The molecule has 2 aromatic rings. The second kappa shape index (κ2) is 7.51. The molecular weight excluding hydrogens is 362 g/mol. The van der Waals surface area contributed by atoms with Crippen LogP contribution in [-0.4, -0.2) is 64.0 Å². The number of imidazole rings is 1. The van der Waals surface area contributed by atoms with Crippen LogP contribution in [0.3, 0.4) is 0 Å². The number of anilines is 1. The molecule has 2 N–H and O–H groups in total. The predicted octanol–water partition coefficient (Wildman–Crippen LogP) is 1.90. The van der Waals surface area contributed by atoms with E-state index in [-0.39, 0.29) is 12.1 Å². The summed E-state index contributed by atoms with van der Waals surface area (Å²) in [5.41, 5.74) is 1.70. The zero-order chi connectivity index (χ0) is 19.7. The van der Waals surface area contributed by atoms with Crippen molar-refractivity contribution in [2.75, 3.05) is 31.1 Å². The van der Waals surface area contributed by atoms with Crippen molar-refractivity contribution in [2.24, 2.45) is 0 Å². The Morgan fingerprint density at radius 2 is 2.14 bits per heavy atom. The molecule has 1 fully saturated rings. The lowest BCUT2D eigenvalue weighted by Crippen LogP contribution is -2.52. The number of carbonyl (C=O) groups is 2. The Labute approximate surface area is 162 Å². The Hall–Kier alpha value is -3.07. The molecular formula is C19H23N5O4. The Morgan fingerprint density at radius 1 is 1.36 bits per heavy atom. The van der Waals surface area contributed by atoms with Crippen molar-refractivity contribution in [1.29, 1.82) is 0 Å². The minimum Gasteiger partial charge on any atom is -0.494 e. The smallest absolute Gasteiger partial charge is 0.407 e. The monoisotopic (exact) mass is 385 g/mol. The van der Waals surface area contributed by atoms with Crippen LogP contribution in [0.15, 0.2) is 30.5 Å². The molecule has 0 aliphatic carbocycles. The normalized spacial score (nSPS) is 19.0. The Bertz CT molecular complexity index is 879. The van der Waals surface area contributed by atoms with Gasteiger partial charge in [-0.1, -0.05) is 0 Å². The zero-order valence-electron chi connectivity index (χ0n) is 15.7. The van der Waals surface area contributed by atoms with Crippen molar-refractivity contribution >= 4 is 17.8 Å². The maximum absolute atomic E-state index is 12.6. The molecule has 0 radical (unpaired) electrons. The lowest BCUT2D eigenvalue weighted by molar-refractivity contribution is 0.124. The van der Waals surface area contributed by atoms with E-state index in [0.29, 0.717) is 38.6 Å². The summed E-state index contributed by atoms with van der Waals surface area (Å²) in [5, 5.41) is 12.4. The Morgan fingerprint density at radius 3 is 2.86 bits per heavy atom. The van der Waals surface area contributed by atoms with Crippen LogP contribution in [0.25, 0.3) is 0 Å². The molecule has 9 heteroatoms. The summed E-state index contributed by atoms with van der Waals surface area (Å²) in [6, 6.07) is 7.43. The summed E-state index contributed by atoms with van der Waals surface area (Å²) in [6.45, 7) is 4.47. The summed E-state index contributed by atoms with van der Waals surface area (Å²) in [6.07, 6.45) is 1.57. The molecule has 1 atom stereocenters. The molecule has 1 aromatic carbocycles. The van der Waals surface area contributed by atoms with E-state index >= 15 is 0 Å². The number of benzene rings is 1. The number of nitrogens with zero attached hydrogens (tertiary/aromatic N) is 4. The molecule has 0 saturated carbocycles. The summed E-state index contributed by atoms with van der Waals surface area (Å²) in [5.74, 6) is 1.42. The fraction of sp³-hybridized carbons (Fsp3) is 0.421. The zero-order valence-corrected chi connectivity index (χ0v) is 15.7. The van der Waals surface area contributed by atoms with Crippen LogP contribution >= 0.6 is 0 Å². The number of aromatic nitrogens is 2. The minimum absolute atomic E-state index is 0.0926. The van der Waals surface area contributed by atoms with Crippen molar-refractivity contribution in [3.63, 3.8) is 0 Å². The van der Waals surface area contributed by atoms with Gasteiger partial charge in [0.25, 0.3) is 0 Å². The van der Waals surface area contributed by atoms with Crippen molar-refractivity contribution < 1.29 is 19.4 Å². The van der Waals surface area contributed by atoms with Gasteiger partial charge in [-0.3, -0.25) is 9.47 Å². The van der Waals surface area contributed by atoms with Crippen LogP contribution in [-0.2, 0) is 6.54 Å². The van der Waals surface area contributed by atoms with E-state index in [1.807, 2.05) is 31.2 Å². The SMILES string of the molecule is Cc1ncc2n1C(=O)N(c1ccc(OCC[C@@H]3CN(C(=O)O)CCN3)cc1)C2. The Balaban J connectivity index is 1.30. The first-order chi connectivity index (χ1) is 13.5. The van der Waals surface area contributed by atoms with E-state index < -0.39 is 6.09 Å². The number of hydrogen-bond donors (Lipinski definition) is 2. The number of aryl methyl sites for hydroxylation is 1. The van der Waals surface area contributed by atoms with Crippen LogP contribution in [0.2, 0.25) is 0 Å². The first kappa shape index (κ1) is 18.3. The van der Waals surface area contributed by atoms with E-state index in [9.17, 15) is 9.59 Å². The van der Waals surface area contributed by atoms with Gasteiger partial charge in [0.15, 0.2) is 0 Å². The number of carboxylic acid groups (broad SMARTS) is 1. The van der Waals surface area contributed by atoms with Crippen LogP contribution in [0.1, 0.15) is 17.9 Å². The number of rotatable bonds is 5. The largest absolute Gasteiger partial charge is 0.494 e. The molecule has 0 unspecified atom stereocenters. The third kappa shape index (κ3) is 3.53. The first-order valence-electron chi connectivity index (χ1n) is 9.32. The molecule has 1 saturated heterocycles. The first-order valence-corrected chi connectivity index (χ1v) is 9.32. The quantitative estimate of drug-likeness (QED) is 0.815. The predicted molar refractivity (Wildman–Crippen MR) is 102 cm³/mol. The van der Waals surface area contributed by atoms with Gasteiger partial charge in [-0.2, -0.15) is 0 Å². The van der Waals surface area contributed by atoms with E-state index in [2.05, 4.69) is 10.3 Å². The molecule has 2 amide bonds. The number of carbonyl (C=O) groups excluding carboxylic acids is 1. The average molecular weight is 385 g/mol. The van der Waals surface area contributed by atoms with Crippen LogP contribution in [0.4, 0.5) is 15.3 Å². The van der Waals surface area contributed by atoms with Gasteiger partial charge in [0.1, 0.15) is 11.6 Å². The molecule has 1 aromatic heterocycles. The Kier molecular flexibility index (Phi) is 4.91. The highest BCUT2D eigenvalue weighted by atomic mass is 16.5. The lowest BCUT2D eigenvalue weighted by atomic mass is 10.1. The van der Waals surface area contributed by atoms with E-state index in [4.69, 9.17) is 9.84 Å². The van der Waals surface area contributed by atoms with E-state index in [1.165, 1.54) is 4.90 Å². The van der Waals surface area contributed by atoms with E-state index in [0.717, 1.165) is 23.6 Å². The van der Waals surface area contributed by atoms with Crippen LogP contribution in [0, 0.1) is 6.92 Å². The fourth-order valence-electron chi connectivity index (χ4n) is 3.65. The highest BCUT2D eigenvalue weighted by Crippen LogP contribution is 2.27. The summed E-state index contributed by atoms with van der Waals surface area (Å²) in [4.78, 5) is 30.9. The number of hydrogen-bond acceptors (Lipinski definition) is 5. The van der Waals surface area contributed by atoms with Gasteiger partial charge < -0.3 is 20.1 Å². The molecule has 9 nitrogen and oxygen atoms in total. The van der Waals surface area contributed by atoms with E-state index in [1.54, 1.807) is 15.7 Å². The van der Waals surface area contributed by atoms with Gasteiger partial charge >= 0.3 is 12.1 Å². The van der Waals surface area contributed by atoms with Crippen molar-refractivity contribution in [3.8, 4) is 5.75 Å². The molecule has 4 rings (SSSR count). The highest BCUT2D eigenvalue weighted by Gasteiger charge is 2.30. The third-order valence-corrected chi connectivity index (χ3v) is 5.16. The van der Waals surface area contributed by atoms with Gasteiger partial charge in [-0.25, -0.2) is 14.6 Å². The number of nitrogens with one attached hydrogen (secondary N) is 1. The molecule has 3 heterocycles. The van der Waals surface area contributed by atoms with Crippen LogP contribution < -0.4 is 15.0 Å². The maximum atomic E-state index is 12.6.